The summed E-state index contributed by atoms with van der Waals surface area (Å²) in [6.07, 6.45) is 1.99. The van der Waals surface area contributed by atoms with Gasteiger partial charge in [-0.15, -0.1) is 0 Å². The van der Waals surface area contributed by atoms with Gasteiger partial charge in [-0.05, 0) is 56.9 Å². The first-order valence-electron chi connectivity index (χ1n) is 10.2. The molecule has 1 aliphatic heterocycles. The van der Waals surface area contributed by atoms with Gasteiger partial charge in [0.2, 0.25) is 0 Å². The second-order valence-electron chi connectivity index (χ2n) is 7.82. The van der Waals surface area contributed by atoms with Crippen LogP contribution in [0.25, 0.3) is 0 Å². The number of hydrogen-bond donors (Lipinski definition) is 1. The molecule has 0 unspecified atom stereocenters. The molecule has 1 aliphatic rings. The third kappa shape index (κ3) is 4.16. The van der Waals surface area contributed by atoms with E-state index in [0.717, 1.165) is 47.5 Å². The highest BCUT2D eigenvalue weighted by Crippen LogP contribution is 2.42. The Morgan fingerprint density at radius 1 is 1.21 bits per heavy atom. The maximum absolute atomic E-state index is 12.9. The zero-order valence-corrected chi connectivity index (χ0v) is 17.5. The highest BCUT2D eigenvalue weighted by atomic mass is 16.5. The maximum atomic E-state index is 12.9. The van der Waals surface area contributed by atoms with Crippen LogP contribution in [0, 0.1) is 13.8 Å². The number of carbonyl (C=O) groups excluding carboxylic acids is 1. The van der Waals surface area contributed by atoms with Gasteiger partial charge in [0.25, 0.3) is 5.91 Å². The number of fused-ring (bicyclic) bond motifs is 1. The molecule has 0 fully saturated rings. The van der Waals surface area contributed by atoms with E-state index in [1.165, 1.54) is 0 Å². The molecule has 28 heavy (non-hydrogen) atoms. The average molecular weight is 382 g/mol. The number of para-hydroxylation sites is 1. The number of benzene rings is 2. The predicted molar refractivity (Wildman–Crippen MR) is 112 cm³/mol. The Balaban J connectivity index is 1.77. The number of ether oxygens (including phenoxy) is 2. The number of nitrogens with one attached hydrogen (secondary N) is 1. The molecule has 1 N–H and O–H groups in total. The minimum Gasteiger partial charge on any atom is -0.487 e. The van der Waals surface area contributed by atoms with Crippen LogP contribution in [-0.2, 0) is 4.79 Å². The van der Waals surface area contributed by atoms with Crippen molar-refractivity contribution in [2.24, 2.45) is 0 Å². The first kappa shape index (κ1) is 20.2. The fraction of sp³-hybridized carbons (Fsp3) is 0.458. The van der Waals surface area contributed by atoms with Crippen molar-refractivity contribution < 1.29 is 14.3 Å². The zero-order valence-electron chi connectivity index (χ0n) is 17.5. The summed E-state index contributed by atoms with van der Waals surface area (Å²) in [6, 6.07) is 13.9. The Bertz CT molecular complexity index is 841. The molecule has 1 heterocycles. The molecule has 0 aliphatic carbocycles. The van der Waals surface area contributed by atoms with Crippen LogP contribution in [0.15, 0.2) is 42.5 Å². The van der Waals surface area contributed by atoms with E-state index in [9.17, 15) is 4.79 Å². The van der Waals surface area contributed by atoms with E-state index in [0.29, 0.717) is 0 Å². The third-order valence-corrected chi connectivity index (χ3v) is 5.82. The van der Waals surface area contributed by atoms with Crippen molar-refractivity contribution in [3.63, 3.8) is 0 Å². The molecule has 2 atom stereocenters. The van der Waals surface area contributed by atoms with Crippen LogP contribution in [0.5, 0.6) is 11.5 Å². The normalized spacial score (nSPS) is 18.5. The standard InChI is InChI=1S/C24H31NO3/c1-6-24(7-2)15-20(19-10-8-9-11-21(19)28-24)25-23(26)18(5)27-22-14-16(3)12-13-17(22)4/h8-14,18,20H,6-7,15H2,1-5H3,(H,25,26)/t18-,20+/m0/s1. The number of hydrogen-bond acceptors (Lipinski definition) is 3. The first-order valence-corrected chi connectivity index (χ1v) is 10.2. The van der Waals surface area contributed by atoms with Gasteiger partial charge in [0.1, 0.15) is 17.1 Å². The Kier molecular flexibility index (Phi) is 5.97. The molecule has 2 aromatic carbocycles. The molecule has 0 saturated carbocycles. The van der Waals surface area contributed by atoms with E-state index in [-0.39, 0.29) is 17.6 Å². The minimum atomic E-state index is -0.576. The molecule has 0 bridgehead atoms. The molecule has 0 radical (unpaired) electrons. The van der Waals surface area contributed by atoms with Crippen LogP contribution in [0.4, 0.5) is 0 Å². The van der Waals surface area contributed by atoms with Gasteiger partial charge in [0.15, 0.2) is 6.10 Å². The van der Waals surface area contributed by atoms with Gasteiger partial charge in [0, 0.05) is 12.0 Å². The molecule has 0 spiro atoms. The summed E-state index contributed by atoms with van der Waals surface area (Å²) in [7, 11) is 0. The van der Waals surface area contributed by atoms with Crippen LogP contribution < -0.4 is 14.8 Å². The second-order valence-corrected chi connectivity index (χ2v) is 7.82. The van der Waals surface area contributed by atoms with E-state index in [2.05, 4.69) is 19.2 Å². The Labute approximate surface area is 168 Å². The van der Waals surface area contributed by atoms with Crippen molar-refractivity contribution in [1.82, 2.24) is 5.32 Å². The summed E-state index contributed by atoms with van der Waals surface area (Å²) < 4.78 is 12.3. The average Bonchev–Trinajstić information content (AvgIpc) is 2.70. The van der Waals surface area contributed by atoms with Gasteiger partial charge in [-0.25, -0.2) is 0 Å². The quantitative estimate of drug-likeness (QED) is 0.741. The highest BCUT2D eigenvalue weighted by Gasteiger charge is 2.39. The Hall–Kier alpha value is -2.49. The molecule has 150 valence electrons. The molecule has 0 aromatic heterocycles. The largest absolute Gasteiger partial charge is 0.487 e. The molecule has 4 heteroatoms. The summed E-state index contributed by atoms with van der Waals surface area (Å²) in [5.41, 5.74) is 2.93. The molecule has 4 nitrogen and oxygen atoms in total. The highest BCUT2D eigenvalue weighted by molar-refractivity contribution is 5.81. The lowest BCUT2D eigenvalue weighted by atomic mass is 9.83. The van der Waals surface area contributed by atoms with Crippen LogP contribution >= 0.6 is 0 Å². The molecule has 2 aromatic rings. The third-order valence-electron chi connectivity index (χ3n) is 5.82. The smallest absolute Gasteiger partial charge is 0.261 e. The first-order chi connectivity index (χ1) is 13.4. The van der Waals surface area contributed by atoms with E-state index in [1.54, 1.807) is 6.92 Å². The SMILES string of the molecule is CCC1(CC)C[C@@H](NC(=O)[C@H](C)Oc2cc(C)ccc2C)c2ccccc2O1. The van der Waals surface area contributed by atoms with Gasteiger partial charge in [-0.3, -0.25) is 4.79 Å². The lowest BCUT2D eigenvalue weighted by Crippen LogP contribution is -2.47. The number of amides is 1. The second kappa shape index (κ2) is 8.26. The van der Waals surface area contributed by atoms with Gasteiger partial charge in [-0.1, -0.05) is 44.2 Å². The van der Waals surface area contributed by atoms with Gasteiger partial charge in [-0.2, -0.15) is 0 Å². The molecule has 1 amide bonds. The number of rotatable bonds is 6. The maximum Gasteiger partial charge on any atom is 0.261 e. The summed E-state index contributed by atoms with van der Waals surface area (Å²) in [5.74, 6) is 1.51. The predicted octanol–water partition coefficient (Wildman–Crippen LogP) is 5.27. The monoisotopic (exact) mass is 381 g/mol. The van der Waals surface area contributed by atoms with E-state index >= 15 is 0 Å². The van der Waals surface area contributed by atoms with Crippen LogP contribution in [-0.4, -0.2) is 17.6 Å². The Morgan fingerprint density at radius 2 is 1.93 bits per heavy atom. The van der Waals surface area contributed by atoms with Crippen LogP contribution in [0.3, 0.4) is 0 Å². The summed E-state index contributed by atoms with van der Waals surface area (Å²) in [5, 5.41) is 3.21. The zero-order chi connectivity index (χ0) is 20.3. The van der Waals surface area contributed by atoms with Gasteiger partial charge in [0.05, 0.1) is 6.04 Å². The minimum absolute atomic E-state index is 0.0815. The number of aryl methyl sites for hydroxylation is 2. The number of carbonyl (C=O) groups is 1. The summed E-state index contributed by atoms with van der Waals surface area (Å²) in [6.45, 7) is 10.1. The lowest BCUT2D eigenvalue weighted by molar-refractivity contribution is -0.128. The lowest BCUT2D eigenvalue weighted by Gasteiger charge is -2.41. The van der Waals surface area contributed by atoms with Crippen molar-refractivity contribution in [2.45, 2.75) is 71.6 Å². The molecular formula is C24H31NO3. The molecule has 3 rings (SSSR count). The fourth-order valence-electron chi connectivity index (χ4n) is 3.80. The van der Waals surface area contributed by atoms with E-state index in [4.69, 9.17) is 9.47 Å². The van der Waals surface area contributed by atoms with Crippen molar-refractivity contribution >= 4 is 5.91 Å². The van der Waals surface area contributed by atoms with E-state index < -0.39 is 6.10 Å². The summed E-state index contributed by atoms with van der Waals surface area (Å²) >= 11 is 0. The van der Waals surface area contributed by atoms with Crippen molar-refractivity contribution in [2.75, 3.05) is 0 Å². The fourth-order valence-corrected chi connectivity index (χ4v) is 3.80. The Morgan fingerprint density at radius 3 is 2.64 bits per heavy atom. The van der Waals surface area contributed by atoms with Crippen LogP contribution in [0.2, 0.25) is 0 Å². The van der Waals surface area contributed by atoms with Crippen molar-refractivity contribution in [1.29, 1.82) is 0 Å². The van der Waals surface area contributed by atoms with Gasteiger partial charge < -0.3 is 14.8 Å². The molecular weight excluding hydrogens is 350 g/mol. The van der Waals surface area contributed by atoms with Crippen molar-refractivity contribution in [3.05, 3.63) is 59.2 Å². The topological polar surface area (TPSA) is 47.6 Å². The van der Waals surface area contributed by atoms with Gasteiger partial charge >= 0.3 is 0 Å². The van der Waals surface area contributed by atoms with E-state index in [1.807, 2.05) is 56.3 Å². The molecule has 0 saturated heterocycles. The van der Waals surface area contributed by atoms with Crippen molar-refractivity contribution in [3.8, 4) is 11.5 Å². The summed E-state index contributed by atoms with van der Waals surface area (Å²) in [4.78, 5) is 12.9. The van der Waals surface area contributed by atoms with Crippen LogP contribution in [0.1, 0.15) is 62.8 Å².